The third-order valence-electron chi connectivity index (χ3n) is 6.63. The van der Waals surface area contributed by atoms with Crippen LogP contribution in [0.1, 0.15) is 70.6 Å². The molecule has 3 aliphatic carbocycles. The van der Waals surface area contributed by atoms with Gasteiger partial charge in [-0.3, -0.25) is 0 Å². The van der Waals surface area contributed by atoms with Crippen LogP contribution in [0, 0.1) is 35.5 Å². The molecule has 1 unspecified atom stereocenters. The number of hydrogen-bond acceptors (Lipinski definition) is 3. The smallest absolute Gasteiger partial charge is 0.117 e. The van der Waals surface area contributed by atoms with Crippen LogP contribution in [-0.4, -0.2) is 34.1 Å². The van der Waals surface area contributed by atoms with Crippen LogP contribution >= 0.6 is 0 Å². The second-order valence-corrected chi connectivity index (χ2v) is 8.27. The van der Waals surface area contributed by atoms with Crippen molar-refractivity contribution in [1.29, 1.82) is 0 Å². The van der Waals surface area contributed by atoms with Crippen LogP contribution < -0.4 is 0 Å². The molecule has 3 rings (SSSR count). The van der Waals surface area contributed by atoms with Gasteiger partial charge >= 0.3 is 0 Å². The van der Waals surface area contributed by atoms with E-state index in [1.54, 1.807) is 0 Å². The highest BCUT2D eigenvalue weighted by Gasteiger charge is 2.46. The van der Waals surface area contributed by atoms with E-state index < -0.39 is 6.10 Å². The van der Waals surface area contributed by atoms with E-state index in [1.165, 1.54) is 24.8 Å². The number of hydrogen-bond donors (Lipinski definition) is 3. The molecule has 3 heteroatoms. The number of aliphatic hydroxyl groups is 3. The van der Waals surface area contributed by atoms with Crippen LogP contribution in [-0.2, 0) is 0 Å². The highest BCUT2D eigenvalue weighted by molar-refractivity contribution is 5.26. The maximum absolute atomic E-state index is 10.4. The number of rotatable bonds is 5. The molecule has 0 radical (unpaired) electrons. The minimum atomic E-state index is -0.513. The molecule has 140 valence electrons. The molecule has 0 aliphatic heterocycles. The van der Waals surface area contributed by atoms with Gasteiger partial charge in [0.25, 0.3) is 0 Å². The number of allylic oxidation sites excluding steroid dienone is 2. The van der Waals surface area contributed by atoms with Crippen molar-refractivity contribution in [2.24, 2.45) is 23.7 Å². The van der Waals surface area contributed by atoms with E-state index in [-0.39, 0.29) is 18.6 Å². The molecule has 0 saturated heterocycles. The maximum atomic E-state index is 10.4. The summed E-state index contributed by atoms with van der Waals surface area (Å²) in [5.41, 5.74) is 1.54. The van der Waals surface area contributed by atoms with Crippen LogP contribution in [0.2, 0.25) is 0 Å². The lowest BCUT2D eigenvalue weighted by atomic mass is 9.57. The van der Waals surface area contributed by atoms with E-state index in [2.05, 4.69) is 17.9 Å². The van der Waals surface area contributed by atoms with Crippen molar-refractivity contribution in [2.75, 3.05) is 6.61 Å². The van der Waals surface area contributed by atoms with Crippen LogP contribution in [0.3, 0.4) is 0 Å². The van der Waals surface area contributed by atoms with E-state index in [0.29, 0.717) is 17.8 Å². The zero-order valence-corrected chi connectivity index (χ0v) is 15.4. The Labute approximate surface area is 152 Å². The van der Waals surface area contributed by atoms with Crippen LogP contribution in [0.5, 0.6) is 0 Å². The van der Waals surface area contributed by atoms with Crippen LogP contribution in [0.25, 0.3) is 0 Å². The molecule has 3 fully saturated rings. The summed E-state index contributed by atoms with van der Waals surface area (Å²) in [6.07, 6.45) is 13.4. The number of aliphatic hydroxyl groups excluding tert-OH is 3. The highest BCUT2D eigenvalue weighted by Crippen LogP contribution is 2.51. The fourth-order valence-electron chi connectivity index (χ4n) is 5.00. The standard InChI is InChI=1S/C22H34O3/c23-14-6-2-5-9-17-15-20-18(17)10-13-22(25)19(20)11-12-21(24)16-7-3-1-4-8-16/h9,16,18-25H,1-8,10,13-15H2/t18-,19-,20+,21?,22-/m1/s1. The molecule has 0 aromatic heterocycles. The average molecular weight is 347 g/mol. The van der Waals surface area contributed by atoms with Crippen molar-refractivity contribution < 1.29 is 15.3 Å². The molecule has 5 atom stereocenters. The molecule has 25 heavy (non-hydrogen) atoms. The van der Waals surface area contributed by atoms with Gasteiger partial charge in [-0.05, 0) is 69.1 Å². The van der Waals surface area contributed by atoms with Crippen molar-refractivity contribution >= 4 is 0 Å². The summed E-state index contributed by atoms with van der Waals surface area (Å²) in [4.78, 5) is 0. The summed E-state index contributed by atoms with van der Waals surface area (Å²) >= 11 is 0. The normalized spacial score (nSPS) is 35.4. The molecule has 3 nitrogen and oxygen atoms in total. The fraction of sp³-hybridized carbons (Fsp3) is 0.818. The first-order valence-corrected chi connectivity index (χ1v) is 10.4. The Morgan fingerprint density at radius 3 is 2.64 bits per heavy atom. The van der Waals surface area contributed by atoms with E-state index in [0.717, 1.165) is 51.4 Å². The van der Waals surface area contributed by atoms with Gasteiger partial charge in [-0.2, -0.15) is 0 Å². The zero-order valence-electron chi connectivity index (χ0n) is 15.4. The summed E-state index contributed by atoms with van der Waals surface area (Å²) in [6.45, 7) is 0.280. The van der Waals surface area contributed by atoms with Gasteiger partial charge in [-0.25, -0.2) is 0 Å². The minimum absolute atomic E-state index is 0.0339. The first-order valence-electron chi connectivity index (χ1n) is 10.4. The molecule has 0 aromatic carbocycles. The Morgan fingerprint density at radius 1 is 1.08 bits per heavy atom. The highest BCUT2D eigenvalue weighted by atomic mass is 16.3. The van der Waals surface area contributed by atoms with Crippen molar-refractivity contribution in [3.8, 4) is 11.8 Å². The number of unbranched alkanes of at least 4 members (excludes halogenated alkanes) is 2. The quantitative estimate of drug-likeness (QED) is 0.406. The molecule has 0 amide bonds. The lowest BCUT2D eigenvalue weighted by molar-refractivity contribution is 0.0135. The lowest BCUT2D eigenvalue weighted by Gasteiger charge is -2.48. The molecule has 3 N–H and O–H groups in total. The summed E-state index contributed by atoms with van der Waals surface area (Å²) in [5, 5.41) is 29.7. The third kappa shape index (κ3) is 4.67. The topological polar surface area (TPSA) is 60.7 Å². The maximum Gasteiger partial charge on any atom is 0.117 e. The van der Waals surface area contributed by atoms with E-state index in [4.69, 9.17) is 5.11 Å². The second-order valence-electron chi connectivity index (χ2n) is 8.27. The first-order chi connectivity index (χ1) is 12.2. The summed E-state index contributed by atoms with van der Waals surface area (Å²) < 4.78 is 0. The van der Waals surface area contributed by atoms with Gasteiger partial charge in [0.05, 0.1) is 12.0 Å². The SMILES string of the molecule is OCCCCC=C1C[C@@H]2[C@@H](C#CC(O)C3CCCCC3)[C@H](O)CC[C@H]12. The summed E-state index contributed by atoms with van der Waals surface area (Å²) in [5.74, 6) is 7.82. The molecule has 0 spiro atoms. The van der Waals surface area contributed by atoms with Gasteiger partial charge in [0.1, 0.15) is 6.10 Å². The van der Waals surface area contributed by atoms with Crippen LogP contribution in [0.4, 0.5) is 0 Å². The Balaban J connectivity index is 1.56. The van der Waals surface area contributed by atoms with Gasteiger partial charge < -0.3 is 15.3 Å². The summed E-state index contributed by atoms with van der Waals surface area (Å²) in [6, 6.07) is 0. The predicted octanol–water partition coefficient (Wildman–Crippen LogP) is 3.43. The second kappa shape index (κ2) is 9.21. The van der Waals surface area contributed by atoms with Gasteiger partial charge in [0, 0.05) is 6.61 Å². The van der Waals surface area contributed by atoms with E-state index in [9.17, 15) is 10.2 Å². The number of fused-ring (bicyclic) bond motifs is 1. The molecule has 0 bridgehead atoms. The molecule has 3 saturated carbocycles. The molecular formula is C22H34O3. The van der Waals surface area contributed by atoms with Gasteiger partial charge in [0.15, 0.2) is 0 Å². The van der Waals surface area contributed by atoms with Crippen molar-refractivity contribution in [1.82, 2.24) is 0 Å². The van der Waals surface area contributed by atoms with Crippen molar-refractivity contribution in [2.45, 2.75) is 82.8 Å². The Morgan fingerprint density at radius 2 is 1.88 bits per heavy atom. The Bertz CT molecular complexity index is 509. The first kappa shape index (κ1) is 19.0. The Kier molecular flexibility index (Phi) is 6.99. The van der Waals surface area contributed by atoms with Gasteiger partial charge in [-0.15, -0.1) is 0 Å². The van der Waals surface area contributed by atoms with Crippen molar-refractivity contribution in [3.05, 3.63) is 11.6 Å². The van der Waals surface area contributed by atoms with Gasteiger partial charge in [-0.1, -0.05) is 42.8 Å². The lowest BCUT2D eigenvalue weighted by Crippen LogP contribution is -2.44. The fourth-order valence-corrected chi connectivity index (χ4v) is 5.00. The van der Waals surface area contributed by atoms with E-state index in [1.807, 2.05) is 0 Å². The monoisotopic (exact) mass is 346 g/mol. The van der Waals surface area contributed by atoms with Crippen LogP contribution in [0.15, 0.2) is 11.6 Å². The molecule has 0 aromatic rings. The van der Waals surface area contributed by atoms with Crippen molar-refractivity contribution in [3.63, 3.8) is 0 Å². The molecule has 0 heterocycles. The van der Waals surface area contributed by atoms with E-state index >= 15 is 0 Å². The molecular weight excluding hydrogens is 312 g/mol. The van der Waals surface area contributed by atoms with Gasteiger partial charge in [0.2, 0.25) is 0 Å². The average Bonchev–Trinajstić information content (AvgIpc) is 2.62. The Hall–Kier alpha value is -0.820. The molecule has 3 aliphatic rings. The summed E-state index contributed by atoms with van der Waals surface area (Å²) in [7, 11) is 0. The zero-order chi connectivity index (χ0) is 17.6. The third-order valence-corrected chi connectivity index (χ3v) is 6.63. The predicted molar refractivity (Wildman–Crippen MR) is 99.7 cm³/mol. The largest absolute Gasteiger partial charge is 0.396 e. The minimum Gasteiger partial charge on any atom is -0.396 e.